The molecule has 2 nitrogen and oxygen atoms in total. The number of anilines is 1. The molecule has 0 amide bonds. The van der Waals surface area contributed by atoms with Crippen LogP contribution in [0.4, 0.5) is 5.69 Å². The maximum Gasteiger partial charge on any atom is 0.0410 e. The maximum atomic E-state index is 5.74. The average Bonchev–Trinajstić information content (AvgIpc) is 2.98. The van der Waals surface area contributed by atoms with Crippen molar-refractivity contribution in [1.82, 2.24) is 4.90 Å². The molecule has 2 rings (SSSR count). The highest BCUT2D eigenvalue weighted by molar-refractivity contribution is 7.10. The van der Waals surface area contributed by atoms with Crippen LogP contribution in [0.25, 0.3) is 0 Å². The van der Waals surface area contributed by atoms with Gasteiger partial charge in [0, 0.05) is 16.6 Å². The predicted molar refractivity (Wildman–Crippen MR) is 89.3 cm³/mol. The Morgan fingerprint density at radius 2 is 1.85 bits per heavy atom. The molecule has 3 heteroatoms. The molecule has 1 aromatic heterocycles. The SMILES string of the molecule is CC(CCN(C)C(C)c1cccs1)c1ccc(N)cc1. The van der Waals surface area contributed by atoms with Crippen LogP contribution in [0.2, 0.25) is 0 Å². The molecule has 1 aromatic carbocycles. The largest absolute Gasteiger partial charge is 0.399 e. The minimum absolute atomic E-state index is 0.494. The molecule has 2 atom stereocenters. The van der Waals surface area contributed by atoms with E-state index < -0.39 is 0 Å². The number of benzene rings is 1. The van der Waals surface area contributed by atoms with Gasteiger partial charge in [-0.1, -0.05) is 25.1 Å². The van der Waals surface area contributed by atoms with Gasteiger partial charge < -0.3 is 5.73 Å². The van der Waals surface area contributed by atoms with E-state index >= 15 is 0 Å². The highest BCUT2D eigenvalue weighted by Gasteiger charge is 2.14. The van der Waals surface area contributed by atoms with Crippen LogP contribution in [0.15, 0.2) is 41.8 Å². The number of rotatable bonds is 6. The smallest absolute Gasteiger partial charge is 0.0410 e. The molecule has 2 N–H and O–H groups in total. The van der Waals surface area contributed by atoms with Crippen molar-refractivity contribution in [2.75, 3.05) is 19.3 Å². The zero-order valence-electron chi connectivity index (χ0n) is 12.5. The van der Waals surface area contributed by atoms with Gasteiger partial charge in [0.15, 0.2) is 0 Å². The highest BCUT2D eigenvalue weighted by atomic mass is 32.1. The lowest BCUT2D eigenvalue weighted by molar-refractivity contribution is 0.256. The lowest BCUT2D eigenvalue weighted by Gasteiger charge is -2.25. The normalized spacial score (nSPS) is 14.4. The van der Waals surface area contributed by atoms with Gasteiger partial charge in [0.25, 0.3) is 0 Å². The van der Waals surface area contributed by atoms with E-state index in [1.165, 1.54) is 10.4 Å². The molecule has 0 saturated heterocycles. The van der Waals surface area contributed by atoms with E-state index in [0.29, 0.717) is 12.0 Å². The summed E-state index contributed by atoms with van der Waals surface area (Å²) >= 11 is 1.84. The highest BCUT2D eigenvalue weighted by Crippen LogP contribution is 2.25. The minimum Gasteiger partial charge on any atom is -0.399 e. The Labute approximate surface area is 126 Å². The Morgan fingerprint density at radius 1 is 1.15 bits per heavy atom. The van der Waals surface area contributed by atoms with E-state index in [1.807, 2.05) is 23.5 Å². The van der Waals surface area contributed by atoms with Crippen LogP contribution in [0.3, 0.4) is 0 Å². The molecule has 0 saturated carbocycles. The van der Waals surface area contributed by atoms with E-state index in [4.69, 9.17) is 5.73 Å². The van der Waals surface area contributed by atoms with Gasteiger partial charge in [0.1, 0.15) is 0 Å². The van der Waals surface area contributed by atoms with E-state index in [2.05, 4.69) is 55.4 Å². The summed E-state index contributed by atoms with van der Waals surface area (Å²) in [5.74, 6) is 0.564. The Balaban J connectivity index is 1.86. The fourth-order valence-electron chi connectivity index (χ4n) is 2.33. The molecule has 0 aliphatic carbocycles. The van der Waals surface area contributed by atoms with E-state index in [1.54, 1.807) is 0 Å². The third-order valence-corrected chi connectivity index (χ3v) is 5.08. The van der Waals surface area contributed by atoms with Crippen molar-refractivity contribution in [2.45, 2.75) is 32.2 Å². The first-order valence-electron chi connectivity index (χ1n) is 7.17. The van der Waals surface area contributed by atoms with Crippen molar-refractivity contribution in [3.05, 3.63) is 52.2 Å². The summed E-state index contributed by atoms with van der Waals surface area (Å²) in [6.07, 6.45) is 1.16. The quantitative estimate of drug-likeness (QED) is 0.792. The Kier molecular flexibility index (Phi) is 5.21. The van der Waals surface area contributed by atoms with Gasteiger partial charge >= 0.3 is 0 Å². The number of nitrogen functional groups attached to an aromatic ring is 1. The number of hydrogen-bond donors (Lipinski definition) is 1. The summed E-state index contributed by atoms with van der Waals surface area (Å²) in [5, 5.41) is 2.15. The molecule has 0 radical (unpaired) electrons. The van der Waals surface area contributed by atoms with Crippen molar-refractivity contribution >= 4 is 17.0 Å². The molecular formula is C17H24N2S. The van der Waals surface area contributed by atoms with Gasteiger partial charge in [-0.2, -0.15) is 0 Å². The van der Waals surface area contributed by atoms with Crippen molar-refractivity contribution < 1.29 is 0 Å². The van der Waals surface area contributed by atoms with Crippen molar-refractivity contribution in [1.29, 1.82) is 0 Å². The van der Waals surface area contributed by atoms with Crippen LogP contribution in [0, 0.1) is 0 Å². The van der Waals surface area contributed by atoms with Gasteiger partial charge in [-0.05, 0) is 62.0 Å². The molecule has 0 fully saturated rings. The maximum absolute atomic E-state index is 5.74. The number of nitrogens with two attached hydrogens (primary N) is 1. The summed E-state index contributed by atoms with van der Waals surface area (Å²) in [6.45, 7) is 5.67. The van der Waals surface area contributed by atoms with Crippen molar-refractivity contribution in [2.24, 2.45) is 0 Å². The van der Waals surface area contributed by atoms with Gasteiger partial charge in [0.05, 0.1) is 0 Å². The zero-order valence-corrected chi connectivity index (χ0v) is 13.4. The predicted octanol–water partition coefficient (Wildman–Crippen LogP) is 4.52. The Morgan fingerprint density at radius 3 is 2.45 bits per heavy atom. The monoisotopic (exact) mass is 288 g/mol. The second kappa shape index (κ2) is 6.91. The van der Waals surface area contributed by atoms with Crippen molar-refractivity contribution in [3.8, 4) is 0 Å². The fourth-order valence-corrected chi connectivity index (χ4v) is 3.18. The number of nitrogens with zero attached hydrogens (tertiary/aromatic N) is 1. The standard InChI is InChI=1S/C17H24N2S/c1-13(15-6-8-16(18)9-7-15)10-11-19(3)14(2)17-5-4-12-20-17/h4-9,12-14H,10-11,18H2,1-3H3. The van der Waals surface area contributed by atoms with Gasteiger partial charge in [-0.3, -0.25) is 4.90 Å². The minimum atomic E-state index is 0.494. The first-order chi connectivity index (χ1) is 9.58. The van der Waals surface area contributed by atoms with Gasteiger partial charge in [0.2, 0.25) is 0 Å². The van der Waals surface area contributed by atoms with E-state index in [0.717, 1.165) is 18.7 Å². The first-order valence-corrected chi connectivity index (χ1v) is 8.05. The molecule has 2 unspecified atom stereocenters. The van der Waals surface area contributed by atoms with Crippen LogP contribution in [0.1, 0.15) is 42.7 Å². The molecule has 1 heterocycles. The third-order valence-electron chi connectivity index (χ3n) is 4.04. The van der Waals surface area contributed by atoms with Crippen LogP contribution >= 0.6 is 11.3 Å². The summed E-state index contributed by atoms with van der Waals surface area (Å²) in [6, 6.07) is 13.1. The second-order valence-corrected chi connectivity index (χ2v) is 6.51. The van der Waals surface area contributed by atoms with Crippen LogP contribution < -0.4 is 5.73 Å². The molecule has 20 heavy (non-hydrogen) atoms. The number of hydrogen-bond acceptors (Lipinski definition) is 3. The van der Waals surface area contributed by atoms with E-state index in [9.17, 15) is 0 Å². The molecule has 2 aromatic rings. The molecule has 0 bridgehead atoms. The average molecular weight is 288 g/mol. The van der Waals surface area contributed by atoms with Crippen LogP contribution in [-0.2, 0) is 0 Å². The summed E-state index contributed by atoms with van der Waals surface area (Å²) in [5.41, 5.74) is 7.94. The molecule has 0 aliphatic rings. The summed E-state index contributed by atoms with van der Waals surface area (Å²) in [4.78, 5) is 3.87. The van der Waals surface area contributed by atoms with Crippen molar-refractivity contribution in [3.63, 3.8) is 0 Å². The topological polar surface area (TPSA) is 29.3 Å². The zero-order chi connectivity index (χ0) is 14.5. The Bertz CT molecular complexity index is 504. The molecular weight excluding hydrogens is 264 g/mol. The third kappa shape index (κ3) is 3.84. The van der Waals surface area contributed by atoms with Gasteiger partial charge in [-0.25, -0.2) is 0 Å². The second-order valence-electron chi connectivity index (χ2n) is 5.53. The Hall–Kier alpha value is -1.32. The molecule has 0 aliphatic heterocycles. The molecule has 108 valence electrons. The van der Waals surface area contributed by atoms with Crippen LogP contribution in [0.5, 0.6) is 0 Å². The van der Waals surface area contributed by atoms with Crippen LogP contribution in [-0.4, -0.2) is 18.5 Å². The van der Waals surface area contributed by atoms with E-state index in [-0.39, 0.29) is 0 Å². The molecule has 0 spiro atoms. The first kappa shape index (κ1) is 15.1. The lowest BCUT2D eigenvalue weighted by atomic mass is 9.97. The fraction of sp³-hybridized carbons (Fsp3) is 0.412. The number of thiophene rings is 1. The van der Waals surface area contributed by atoms with Gasteiger partial charge in [-0.15, -0.1) is 11.3 Å². The summed E-state index contributed by atoms with van der Waals surface area (Å²) < 4.78 is 0. The summed E-state index contributed by atoms with van der Waals surface area (Å²) in [7, 11) is 2.21. The lowest BCUT2D eigenvalue weighted by Crippen LogP contribution is -2.23.